The average molecular weight is 311 g/mol. The summed E-state index contributed by atoms with van der Waals surface area (Å²) in [6, 6.07) is 8.82. The molecule has 0 aliphatic carbocycles. The van der Waals surface area contributed by atoms with E-state index in [1.807, 2.05) is 38.1 Å². The molecular weight excluding hydrogens is 290 g/mol. The van der Waals surface area contributed by atoms with Gasteiger partial charge in [0.25, 0.3) is 0 Å². The molecule has 0 aromatic heterocycles. The van der Waals surface area contributed by atoms with E-state index in [4.69, 9.17) is 0 Å². The van der Waals surface area contributed by atoms with Crippen LogP contribution in [-0.2, 0) is 9.59 Å². The molecule has 0 N–H and O–H groups in total. The van der Waals surface area contributed by atoms with Crippen molar-refractivity contribution in [2.75, 3.05) is 7.05 Å². The highest BCUT2D eigenvalue weighted by atomic mass is 16.2. The highest BCUT2D eigenvalue weighted by Gasteiger charge is 2.58. The number of aryl methyl sites for hydroxylation is 1. The van der Waals surface area contributed by atoms with Gasteiger partial charge in [0.05, 0.1) is 17.5 Å². The second-order valence-electron chi connectivity index (χ2n) is 6.93. The van der Waals surface area contributed by atoms with Gasteiger partial charge in [-0.1, -0.05) is 29.8 Å². The van der Waals surface area contributed by atoms with Gasteiger partial charge >= 0.3 is 0 Å². The molecule has 0 spiro atoms. The molecule has 5 heteroatoms. The van der Waals surface area contributed by atoms with E-state index in [9.17, 15) is 14.9 Å². The summed E-state index contributed by atoms with van der Waals surface area (Å²) in [4.78, 5) is 28.6. The van der Waals surface area contributed by atoms with Crippen molar-refractivity contribution in [3.63, 3.8) is 0 Å². The van der Waals surface area contributed by atoms with Crippen LogP contribution in [0.1, 0.15) is 37.4 Å². The number of fused-ring (bicyclic) bond motifs is 1. The van der Waals surface area contributed by atoms with Gasteiger partial charge < -0.3 is 9.80 Å². The van der Waals surface area contributed by atoms with Crippen LogP contribution in [0.4, 0.5) is 0 Å². The molecule has 5 nitrogen and oxygen atoms in total. The molecule has 3 rings (SSSR count). The van der Waals surface area contributed by atoms with E-state index in [1.54, 1.807) is 18.9 Å². The number of rotatable bonds is 1. The first-order chi connectivity index (χ1) is 10.8. The second-order valence-corrected chi connectivity index (χ2v) is 6.93. The van der Waals surface area contributed by atoms with Crippen molar-refractivity contribution in [1.82, 2.24) is 9.80 Å². The van der Waals surface area contributed by atoms with Crippen LogP contribution in [0.2, 0.25) is 0 Å². The minimum atomic E-state index is -0.768. The van der Waals surface area contributed by atoms with Gasteiger partial charge in [-0.15, -0.1) is 0 Å². The molecule has 0 radical (unpaired) electrons. The fourth-order valence-corrected chi connectivity index (χ4v) is 3.78. The third-order valence-corrected chi connectivity index (χ3v) is 5.31. The van der Waals surface area contributed by atoms with Crippen LogP contribution in [0.3, 0.4) is 0 Å². The highest BCUT2D eigenvalue weighted by molar-refractivity contribution is 5.97. The molecule has 1 aromatic rings. The van der Waals surface area contributed by atoms with E-state index in [2.05, 4.69) is 6.07 Å². The van der Waals surface area contributed by atoms with E-state index in [-0.39, 0.29) is 17.9 Å². The van der Waals surface area contributed by atoms with Crippen molar-refractivity contribution in [3.05, 3.63) is 35.4 Å². The fourth-order valence-electron chi connectivity index (χ4n) is 3.78. The third kappa shape index (κ3) is 2.13. The molecule has 2 aliphatic rings. The molecule has 2 saturated heterocycles. The third-order valence-electron chi connectivity index (χ3n) is 5.31. The molecule has 4 unspecified atom stereocenters. The van der Waals surface area contributed by atoms with Gasteiger partial charge in [-0.25, -0.2) is 0 Å². The molecular formula is C18H21N3O2. The topological polar surface area (TPSA) is 64.4 Å². The smallest absolute Gasteiger partial charge is 0.246 e. The second kappa shape index (κ2) is 5.09. The fraction of sp³-hybridized carbons (Fsp3) is 0.500. The number of likely N-dealkylation sites (N-methyl/N-ethyl adjacent to an activating group) is 1. The number of carbonyl (C=O) groups is 2. The van der Waals surface area contributed by atoms with Crippen molar-refractivity contribution in [1.29, 1.82) is 5.26 Å². The summed E-state index contributed by atoms with van der Waals surface area (Å²) in [7, 11) is 1.66. The first kappa shape index (κ1) is 15.5. The molecule has 0 saturated carbocycles. The standard InChI is InChI=1S/C18H21N3O2/c1-11-5-7-13(8-6-11)15-18(3,10-19)9-14-17(23)20(4)12(2)16(22)21(14)15/h5-8,12,14-15H,9H2,1-4H3. The van der Waals surface area contributed by atoms with E-state index in [0.717, 1.165) is 11.1 Å². The Hall–Kier alpha value is -2.35. The SMILES string of the molecule is Cc1ccc(C2N3C(=O)C(C)N(C)C(=O)C3CC2(C)C#N)cc1. The Bertz CT molecular complexity index is 706. The summed E-state index contributed by atoms with van der Waals surface area (Å²) in [5.41, 5.74) is 1.27. The van der Waals surface area contributed by atoms with E-state index < -0.39 is 17.5 Å². The zero-order chi connectivity index (χ0) is 16.9. The van der Waals surface area contributed by atoms with E-state index >= 15 is 0 Å². The maximum atomic E-state index is 12.8. The van der Waals surface area contributed by atoms with Gasteiger partial charge in [-0.2, -0.15) is 5.26 Å². The van der Waals surface area contributed by atoms with Crippen molar-refractivity contribution in [3.8, 4) is 6.07 Å². The molecule has 2 heterocycles. The zero-order valence-electron chi connectivity index (χ0n) is 13.9. The van der Waals surface area contributed by atoms with Crippen molar-refractivity contribution >= 4 is 11.8 Å². The number of nitriles is 1. The largest absolute Gasteiger partial charge is 0.332 e. The lowest BCUT2D eigenvalue weighted by Crippen LogP contribution is -2.60. The van der Waals surface area contributed by atoms with Crippen LogP contribution in [0.15, 0.2) is 24.3 Å². The summed E-state index contributed by atoms with van der Waals surface area (Å²) in [5, 5.41) is 9.75. The summed E-state index contributed by atoms with van der Waals surface area (Å²) in [5.74, 6) is -0.158. The summed E-state index contributed by atoms with van der Waals surface area (Å²) < 4.78 is 0. The summed E-state index contributed by atoms with van der Waals surface area (Å²) in [6.45, 7) is 5.59. The van der Waals surface area contributed by atoms with Crippen LogP contribution >= 0.6 is 0 Å². The van der Waals surface area contributed by atoms with E-state index in [1.165, 1.54) is 4.90 Å². The van der Waals surface area contributed by atoms with Crippen LogP contribution in [0, 0.1) is 23.7 Å². The molecule has 2 aliphatic heterocycles. The van der Waals surface area contributed by atoms with Gasteiger partial charge in [0.2, 0.25) is 11.8 Å². The molecule has 1 aromatic carbocycles. The monoisotopic (exact) mass is 311 g/mol. The Labute approximate surface area is 136 Å². The number of piperazine rings is 1. The average Bonchev–Trinajstić information content (AvgIpc) is 2.86. The van der Waals surface area contributed by atoms with Gasteiger partial charge in [0.1, 0.15) is 12.1 Å². The number of amides is 2. The lowest BCUT2D eigenvalue weighted by atomic mass is 9.79. The maximum Gasteiger partial charge on any atom is 0.246 e. The molecule has 4 atom stereocenters. The highest BCUT2D eigenvalue weighted by Crippen LogP contribution is 2.51. The maximum absolute atomic E-state index is 12.8. The number of hydrogen-bond acceptors (Lipinski definition) is 3. The predicted molar refractivity (Wildman–Crippen MR) is 85.1 cm³/mol. The molecule has 2 amide bonds. The first-order valence-electron chi connectivity index (χ1n) is 7.87. The van der Waals surface area contributed by atoms with Gasteiger partial charge in [-0.3, -0.25) is 9.59 Å². The van der Waals surface area contributed by atoms with E-state index in [0.29, 0.717) is 6.42 Å². The number of nitrogens with zero attached hydrogens (tertiary/aromatic N) is 3. The lowest BCUT2D eigenvalue weighted by molar-refractivity contribution is -0.159. The first-order valence-corrected chi connectivity index (χ1v) is 7.87. The Morgan fingerprint density at radius 2 is 1.83 bits per heavy atom. The number of benzene rings is 1. The van der Waals surface area contributed by atoms with Crippen LogP contribution in [-0.4, -0.2) is 40.7 Å². The molecule has 120 valence electrons. The minimum Gasteiger partial charge on any atom is -0.332 e. The van der Waals surface area contributed by atoms with Gasteiger partial charge in [0.15, 0.2) is 0 Å². The van der Waals surface area contributed by atoms with Gasteiger partial charge in [-0.05, 0) is 32.8 Å². The predicted octanol–water partition coefficient (Wildman–Crippen LogP) is 2.03. The Morgan fingerprint density at radius 3 is 2.39 bits per heavy atom. The van der Waals surface area contributed by atoms with Crippen LogP contribution < -0.4 is 0 Å². The molecule has 2 fully saturated rings. The minimum absolute atomic E-state index is 0.0758. The van der Waals surface area contributed by atoms with Gasteiger partial charge in [0, 0.05) is 7.05 Å². The van der Waals surface area contributed by atoms with Crippen molar-refractivity contribution < 1.29 is 9.59 Å². The van der Waals surface area contributed by atoms with Crippen molar-refractivity contribution in [2.45, 2.75) is 45.3 Å². The molecule has 0 bridgehead atoms. The summed E-state index contributed by atoms with van der Waals surface area (Å²) >= 11 is 0. The Balaban J connectivity index is 2.12. The molecule has 23 heavy (non-hydrogen) atoms. The van der Waals surface area contributed by atoms with Crippen molar-refractivity contribution in [2.24, 2.45) is 5.41 Å². The van der Waals surface area contributed by atoms with Crippen LogP contribution in [0.5, 0.6) is 0 Å². The summed E-state index contributed by atoms with van der Waals surface area (Å²) in [6.07, 6.45) is 0.379. The quantitative estimate of drug-likeness (QED) is 0.797. The number of hydrogen-bond donors (Lipinski definition) is 0. The van der Waals surface area contributed by atoms with Crippen LogP contribution in [0.25, 0.3) is 0 Å². The lowest BCUT2D eigenvalue weighted by Gasteiger charge is -2.42. The Morgan fingerprint density at radius 1 is 1.22 bits per heavy atom. The number of carbonyl (C=O) groups excluding carboxylic acids is 2. The Kier molecular flexibility index (Phi) is 3.44. The zero-order valence-corrected chi connectivity index (χ0v) is 13.9. The normalized spacial score (nSPS) is 33.6.